The van der Waals surface area contributed by atoms with Crippen LogP contribution in [0.15, 0.2) is 176 Å². The van der Waals surface area contributed by atoms with Crippen molar-refractivity contribution in [2.24, 2.45) is 0 Å². The van der Waals surface area contributed by atoms with Gasteiger partial charge in [0.1, 0.15) is 5.69 Å². The molecule has 0 atom stereocenters. The van der Waals surface area contributed by atoms with Gasteiger partial charge >= 0.3 is 0 Å². The molecule has 0 aliphatic carbocycles. The third-order valence-electron chi connectivity index (χ3n) is 8.85. The Morgan fingerprint density at radius 3 is 1.41 bits per heavy atom. The highest BCUT2D eigenvalue weighted by atomic mass is 15.3. The molecular weight excluding hydrogens is 599 g/mol. The van der Waals surface area contributed by atoms with E-state index < -0.39 is 0 Å². The van der Waals surface area contributed by atoms with Gasteiger partial charge in [-0.15, -0.1) is 0 Å². The smallest absolute Gasteiger partial charge is 0.164 e. The van der Waals surface area contributed by atoms with Crippen molar-refractivity contribution in [2.75, 3.05) is 0 Å². The first-order valence-electron chi connectivity index (χ1n) is 16.3. The molecule has 0 bridgehead atoms. The maximum atomic E-state index is 5.32. The summed E-state index contributed by atoms with van der Waals surface area (Å²) in [7, 11) is 0. The van der Waals surface area contributed by atoms with Gasteiger partial charge in [0.25, 0.3) is 0 Å². The van der Waals surface area contributed by atoms with Gasteiger partial charge in [0, 0.05) is 33.0 Å². The summed E-state index contributed by atoms with van der Waals surface area (Å²) in [6.45, 7) is 0. The van der Waals surface area contributed by atoms with E-state index in [0.717, 1.165) is 66.4 Å². The maximum Gasteiger partial charge on any atom is 0.164 e. The Morgan fingerprint density at radius 2 is 0.857 bits per heavy atom. The number of fused-ring (bicyclic) bond motifs is 3. The van der Waals surface area contributed by atoms with E-state index in [1.807, 2.05) is 72.8 Å². The topological polar surface area (TPSA) is 56.5 Å². The van der Waals surface area contributed by atoms with Crippen molar-refractivity contribution in [3.05, 3.63) is 176 Å². The van der Waals surface area contributed by atoms with Gasteiger partial charge in [0.2, 0.25) is 0 Å². The molecule has 0 aliphatic heterocycles. The van der Waals surface area contributed by atoms with Crippen molar-refractivity contribution in [1.29, 1.82) is 0 Å². The van der Waals surface area contributed by atoms with E-state index >= 15 is 0 Å². The Bertz CT molecular complexity index is 2510. The standard InChI is InChI=1S/C44H29N5/c1-6-16-30(17-7-1)38-29-35-28-34(44-46-42(32-20-10-3-11-21-32)45-43(47-44)33-22-12-4-13-23-33)26-27-37(35)41-39(38)40(31-18-8-2-9-19-31)48-49(41)36-24-14-5-15-25-36/h1-29H. The van der Waals surface area contributed by atoms with Crippen LogP contribution in [-0.4, -0.2) is 24.7 Å². The van der Waals surface area contributed by atoms with Crippen LogP contribution in [0.25, 0.3) is 83.9 Å². The fourth-order valence-electron chi connectivity index (χ4n) is 6.52. The molecule has 0 unspecified atom stereocenters. The van der Waals surface area contributed by atoms with Crippen molar-refractivity contribution < 1.29 is 0 Å². The Hall–Kier alpha value is -6.72. The second kappa shape index (κ2) is 12.1. The number of benzene rings is 7. The van der Waals surface area contributed by atoms with Crippen LogP contribution in [0.4, 0.5) is 0 Å². The number of para-hydroxylation sites is 1. The zero-order chi connectivity index (χ0) is 32.6. The molecule has 0 spiro atoms. The van der Waals surface area contributed by atoms with E-state index in [1.54, 1.807) is 0 Å². The van der Waals surface area contributed by atoms with Gasteiger partial charge in [-0.25, -0.2) is 19.6 Å². The average Bonchev–Trinajstić information content (AvgIpc) is 3.60. The lowest BCUT2D eigenvalue weighted by Crippen LogP contribution is -2.00. The molecule has 0 N–H and O–H groups in total. The highest BCUT2D eigenvalue weighted by Gasteiger charge is 2.22. The van der Waals surface area contributed by atoms with Gasteiger partial charge in [-0.3, -0.25) is 0 Å². The minimum absolute atomic E-state index is 0.623. The second-order valence-electron chi connectivity index (χ2n) is 11.9. The third-order valence-corrected chi connectivity index (χ3v) is 8.85. The van der Waals surface area contributed by atoms with Gasteiger partial charge in [0.15, 0.2) is 17.5 Å². The molecule has 9 rings (SSSR count). The second-order valence-corrected chi connectivity index (χ2v) is 11.9. The molecule has 49 heavy (non-hydrogen) atoms. The zero-order valence-corrected chi connectivity index (χ0v) is 26.5. The van der Waals surface area contributed by atoms with Gasteiger partial charge in [-0.2, -0.15) is 5.10 Å². The molecular formula is C44H29N5. The summed E-state index contributed by atoms with van der Waals surface area (Å²) in [4.78, 5) is 14.9. The van der Waals surface area contributed by atoms with Crippen LogP contribution in [0, 0.1) is 0 Å². The SMILES string of the molecule is c1ccc(-c2nc(-c3ccccc3)nc(-c3ccc4c(c3)cc(-c3ccccc3)c3c(-c5ccccc5)nn(-c5ccccc5)c34)n2)cc1. The quantitative estimate of drug-likeness (QED) is 0.184. The van der Waals surface area contributed by atoms with Crippen LogP contribution in [0.2, 0.25) is 0 Å². The van der Waals surface area contributed by atoms with E-state index in [1.165, 1.54) is 0 Å². The molecule has 2 aromatic heterocycles. The van der Waals surface area contributed by atoms with Crippen LogP contribution in [0.3, 0.4) is 0 Å². The van der Waals surface area contributed by atoms with E-state index in [0.29, 0.717) is 17.5 Å². The van der Waals surface area contributed by atoms with Crippen LogP contribution in [-0.2, 0) is 0 Å². The van der Waals surface area contributed by atoms with Gasteiger partial charge in [-0.1, -0.05) is 152 Å². The molecule has 5 heteroatoms. The molecule has 5 nitrogen and oxygen atoms in total. The van der Waals surface area contributed by atoms with Crippen molar-refractivity contribution in [1.82, 2.24) is 24.7 Å². The molecule has 0 radical (unpaired) electrons. The summed E-state index contributed by atoms with van der Waals surface area (Å²) in [6.07, 6.45) is 0. The highest BCUT2D eigenvalue weighted by molar-refractivity contribution is 6.17. The summed E-state index contributed by atoms with van der Waals surface area (Å²) in [6, 6.07) is 60.4. The number of rotatable bonds is 6. The maximum absolute atomic E-state index is 5.32. The lowest BCUT2D eigenvalue weighted by molar-refractivity contribution is 0.918. The molecule has 7 aromatic carbocycles. The minimum Gasteiger partial charge on any atom is -0.232 e. The van der Waals surface area contributed by atoms with Crippen LogP contribution >= 0.6 is 0 Å². The van der Waals surface area contributed by atoms with Crippen LogP contribution in [0.1, 0.15) is 0 Å². The largest absolute Gasteiger partial charge is 0.232 e. The highest BCUT2D eigenvalue weighted by Crippen LogP contribution is 2.42. The average molecular weight is 628 g/mol. The Labute approximate surface area is 283 Å². The summed E-state index contributed by atoms with van der Waals surface area (Å²) in [5, 5.41) is 8.60. The molecule has 230 valence electrons. The molecule has 2 heterocycles. The summed E-state index contributed by atoms with van der Waals surface area (Å²) < 4.78 is 2.09. The van der Waals surface area contributed by atoms with E-state index in [2.05, 4.69) is 108 Å². The Balaban J connectivity index is 1.34. The summed E-state index contributed by atoms with van der Waals surface area (Å²) in [5.41, 5.74) is 9.12. The normalized spacial score (nSPS) is 11.3. The van der Waals surface area contributed by atoms with Crippen molar-refractivity contribution in [2.45, 2.75) is 0 Å². The molecule has 0 aliphatic rings. The third kappa shape index (κ3) is 5.24. The lowest BCUT2D eigenvalue weighted by atomic mass is 9.93. The van der Waals surface area contributed by atoms with Crippen molar-refractivity contribution >= 4 is 21.7 Å². The Morgan fingerprint density at radius 1 is 0.388 bits per heavy atom. The number of hydrogen-bond donors (Lipinski definition) is 0. The first-order chi connectivity index (χ1) is 24.3. The van der Waals surface area contributed by atoms with E-state index in [9.17, 15) is 0 Å². The fraction of sp³-hybridized carbons (Fsp3) is 0. The predicted molar refractivity (Wildman–Crippen MR) is 199 cm³/mol. The Kier molecular flexibility index (Phi) is 7.06. The summed E-state index contributed by atoms with van der Waals surface area (Å²) >= 11 is 0. The van der Waals surface area contributed by atoms with Gasteiger partial charge < -0.3 is 0 Å². The van der Waals surface area contributed by atoms with Crippen LogP contribution < -0.4 is 0 Å². The first-order valence-corrected chi connectivity index (χ1v) is 16.3. The predicted octanol–water partition coefficient (Wildman–Crippen LogP) is 10.7. The number of nitrogens with zero attached hydrogens (tertiary/aromatic N) is 5. The molecule has 0 fully saturated rings. The first kappa shape index (κ1) is 28.5. The summed E-state index contributed by atoms with van der Waals surface area (Å²) in [5.74, 6) is 1.90. The van der Waals surface area contributed by atoms with E-state index in [-0.39, 0.29) is 0 Å². The molecule has 0 amide bonds. The monoisotopic (exact) mass is 627 g/mol. The fourth-order valence-corrected chi connectivity index (χ4v) is 6.52. The minimum atomic E-state index is 0.623. The zero-order valence-electron chi connectivity index (χ0n) is 26.5. The van der Waals surface area contributed by atoms with Crippen LogP contribution in [0.5, 0.6) is 0 Å². The number of hydrogen-bond acceptors (Lipinski definition) is 4. The molecule has 0 saturated carbocycles. The molecule has 9 aromatic rings. The van der Waals surface area contributed by atoms with E-state index in [4.69, 9.17) is 20.1 Å². The van der Waals surface area contributed by atoms with Gasteiger partial charge in [0.05, 0.1) is 11.2 Å². The molecule has 0 saturated heterocycles. The van der Waals surface area contributed by atoms with Crippen molar-refractivity contribution in [3.63, 3.8) is 0 Å². The lowest BCUT2D eigenvalue weighted by Gasteiger charge is -2.13. The van der Waals surface area contributed by atoms with Crippen molar-refractivity contribution in [3.8, 4) is 62.2 Å². The van der Waals surface area contributed by atoms with Gasteiger partial charge in [-0.05, 0) is 40.8 Å². The number of aromatic nitrogens is 5.